The Kier molecular flexibility index (Phi) is 6.18. The number of hydrogen-bond donors (Lipinski definition) is 2. The van der Waals surface area contributed by atoms with Crippen LogP contribution in [0.4, 0.5) is 10.1 Å². The maximum absolute atomic E-state index is 13.9. The average molecular weight is 415 g/mol. The van der Waals surface area contributed by atoms with Crippen LogP contribution < -0.4 is 10.5 Å². The number of benzene rings is 1. The molecule has 0 amide bonds. The third-order valence-electron chi connectivity index (χ3n) is 5.24. The van der Waals surface area contributed by atoms with Crippen molar-refractivity contribution in [3.63, 3.8) is 0 Å². The van der Waals surface area contributed by atoms with Crippen molar-refractivity contribution in [1.82, 2.24) is 9.71 Å². The largest absolute Gasteiger partial charge is 0.598 e. The summed E-state index contributed by atoms with van der Waals surface area (Å²) < 4.78 is 29.9. The van der Waals surface area contributed by atoms with Gasteiger partial charge in [-0.2, -0.15) is 5.26 Å². The molecule has 0 unspecified atom stereocenters. The molecule has 1 heterocycles. The van der Waals surface area contributed by atoms with E-state index in [0.29, 0.717) is 23.6 Å². The third kappa shape index (κ3) is 4.89. The van der Waals surface area contributed by atoms with Crippen molar-refractivity contribution in [3.05, 3.63) is 59.2 Å². The van der Waals surface area contributed by atoms with Crippen LogP contribution in [-0.2, 0) is 16.9 Å². The quantitative estimate of drug-likeness (QED) is 0.524. The summed E-state index contributed by atoms with van der Waals surface area (Å²) in [5, 5.41) is 9.36. The Balaban J connectivity index is 2.18. The van der Waals surface area contributed by atoms with Crippen LogP contribution in [0, 0.1) is 23.1 Å². The molecule has 2 atom stereocenters. The molecule has 5 nitrogen and oxygen atoms in total. The summed E-state index contributed by atoms with van der Waals surface area (Å²) in [6.45, 7) is 5.67. The fraction of sp³-hybridized carbons (Fsp3) is 0.455. The number of nitriles is 1. The molecule has 0 radical (unpaired) electrons. The molecule has 0 spiro atoms. The van der Waals surface area contributed by atoms with Crippen LogP contribution in [-0.4, -0.2) is 14.3 Å². The molecule has 7 heteroatoms. The van der Waals surface area contributed by atoms with Crippen molar-refractivity contribution in [2.24, 2.45) is 5.92 Å². The molecule has 1 aromatic heterocycles. The molecule has 1 aliphatic carbocycles. The number of nitrogens with two attached hydrogens (primary N) is 1. The highest BCUT2D eigenvalue weighted by Gasteiger charge is 2.44. The van der Waals surface area contributed by atoms with Gasteiger partial charge in [-0.05, 0) is 69.4 Å². The van der Waals surface area contributed by atoms with E-state index in [1.807, 2.05) is 26.8 Å². The summed E-state index contributed by atoms with van der Waals surface area (Å²) in [6.07, 6.45) is 3.88. The zero-order valence-electron chi connectivity index (χ0n) is 17.0. The van der Waals surface area contributed by atoms with Gasteiger partial charge in [0.05, 0.1) is 11.4 Å². The number of anilines is 1. The SMILES string of the molecule is CC(C)(C)[S@@+]([O-])N[C@](CCC1CC1)(c1ccc(F)c(N)c1)c1cccc(C#N)n1. The van der Waals surface area contributed by atoms with Crippen LogP contribution in [0.25, 0.3) is 0 Å². The molecular weight excluding hydrogens is 387 g/mol. The lowest BCUT2D eigenvalue weighted by molar-refractivity contribution is 0.392. The van der Waals surface area contributed by atoms with Gasteiger partial charge in [0, 0.05) is 11.4 Å². The topological polar surface area (TPSA) is 97.8 Å². The zero-order valence-corrected chi connectivity index (χ0v) is 17.9. The predicted octanol–water partition coefficient (Wildman–Crippen LogP) is 4.16. The summed E-state index contributed by atoms with van der Waals surface area (Å²) in [5.74, 6) is 0.122. The van der Waals surface area contributed by atoms with Crippen LogP contribution in [0.2, 0.25) is 0 Å². The maximum atomic E-state index is 13.9. The maximum Gasteiger partial charge on any atom is 0.146 e. The van der Waals surface area contributed by atoms with Gasteiger partial charge in [-0.15, -0.1) is 4.72 Å². The van der Waals surface area contributed by atoms with Crippen LogP contribution in [0.15, 0.2) is 36.4 Å². The number of aromatic nitrogens is 1. The van der Waals surface area contributed by atoms with Gasteiger partial charge in [-0.25, -0.2) is 9.37 Å². The minimum atomic E-state index is -1.43. The summed E-state index contributed by atoms with van der Waals surface area (Å²) in [4.78, 5) is 4.53. The number of nitrogens with zero attached hydrogens (tertiary/aromatic N) is 2. The molecule has 2 aromatic rings. The number of halogens is 1. The smallest absolute Gasteiger partial charge is 0.146 e. The van der Waals surface area contributed by atoms with E-state index in [0.717, 1.165) is 6.42 Å². The first-order chi connectivity index (χ1) is 13.7. The van der Waals surface area contributed by atoms with Gasteiger partial charge in [-0.1, -0.05) is 25.0 Å². The number of pyridine rings is 1. The van der Waals surface area contributed by atoms with Crippen molar-refractivity contribution >= 4 is 17.0 Å². The van der Waals surface area contributed by atoms with E-state index >= 15 is 0 Å². The number of rotatable bonds is 7. The molecule has 0 bridgehead atoms. The van der Waals surface area contributed by atoms with Crippen LogP contribution >= 0.6 is 0 Å². The van der Waals surface area contributed by atoms with E-state index in [1.54, 1.807) is 24.3 Å². The first-order valence-corrected chi connectivity index (χ1v) is 10.9. The highest BCUT2D eigenvalue weighted by molar-refractivity contribution is 7.90. The molecule has 3 N–H and O–H groups in total. The molecule has 1 aromatic carbocycles. The van der Waals surface area contributed by atoms with Crippen LogP contribution in [0.1, 0.15) is 63.4 Å². The van der Waals surface area contributed by atoms with Gasteiger partial charge in [-0.3, -0.25) is 0 Å². The molecule has 29 heavy (non-hydrogen) atoms. The fourth-order valence-corrected chi connectivity index (χ4v) is 4.21. The van der Waals surface area contributed by atoms with E-state index in [9.17, 15) is 14.2 Å². The first kappa shape index (κ1) is 21.6. The molecule has 1 aliphatic rings. The van der Waals surface area contributed by atoms with E-state index in [-0.39, 0.29) is 11.4 Å². The molecule has 0 aliphatic heterocycles. The molecular formula is C22H27FN4OS. The second kappa shape index (κ2) is 8.31. The first-order valence-electron chi connectivity index (χ1n) is 9.78. The summed E-state index contributed by atoms with van der Waals surface area (Å²) in [7, 11) is 0. The molecule has 1 fully saturated rings. The Morgan fingerprint density at radius 1 is 1.31 bits per heavy atom. The molecule has 154 valence electrons. The highest BCUT2D eigenvalue weighted by Crippen LogP contribution is 2.42. The van der Waals surface area contributed by atoms with E-state index < -0.39 is 27.5 Å². The third-order valence-corrected chi connectivity index (χ3v) is 6.88. The normalized spacial score (nSPS) is 17.4. The minimum absolute atomic E-state index is 0.0260. The van der Waals surface area contributed by atoms with Gasteiger partial charge < -0.3 is 10.3 Å². The summed E-state index contributed by atoms with van der Waals surface area (Å²) >= 11 is -1.43. The van der Waals surface area contributed by atoms with E-state index in [1.165, 1.54) is 18.9 Å². The lowest BCUT2D eigenvalue weighted by atomic mass is 9.82. The van der Waals surface area contributed by atoms with Gasteiger partial charge >= 0.3 is 0 Å². The number of nitrogen functional groups attached to an aromatic ring is 1. The van der Waals surface area contributed by atoms with Crippen molar-refractivity contribution in [2.45, 2.75) is 56.7 Å². The van der Waals surface area contributed by atoms with Gasteiger partial charge in [0.25, 0.3) is 0 Å². The summed E-state index contributed by atoms with van der Waals surface area (Å²) in [6, 6.07) is 11.9. The monoisotopic (exact) mass is 414 g/mol. The fourth-order valence-electron chi connectivity index (χ4n) is 3.26. The predicted molar refractivity (Wildman–Crippen MR) is 114 cm³/mol. The lowest BCUT2D eigenvalue weighted by Crippen LogP contribution is -2.52. The Bertz CT molecular complexity index is 920. The second-order valence-electron chi connectivity index (χ2n) is 8.63. The standard InChI is InChI=1S/C22H27FN4OS/c1-21(2,3)29(28)27-22(12-11-15-7-8-15,16-9-10-18(23)19(25)13-16)20-6-4-5-17(14-24)26-20/h4-6,9-10,13,15,27H,7-8,11-12,25H2,1-3H3/t22-,29-/m1/s1. The van der Waals surface area contributed by atoms with E-state index in [4.69, 9.17) is 5.73 Å². The second-order valence-corrected chi connectivity index (χ2v) is 10.6. The van der Waals surface area contributed by atoms with Crippen molar-refractivity contribution in [1.29, 1.82) is 5.26 Å². The van der Waals surface area contributed by atoms with Gasteiger partial charge in [0.2, 0.25) is 0 Å². The Morgan fingerprint density at radius 2 is 2.03 bits per heavy atom. The van der Waals surface area contributed by atoms with Crippen molar-refractivity contribution in [2.75, 3.05) is 5.73 Å². The van der Waals surface area contributed by atoms with Crippen molar-refractivity contribution < 1.29 is 8.94 Å². The van der Waals surface area contributed by atoms with Gasteiger partial charge in [0.15, 0.2) is 0 Å². The number of hydrogen-bond acceptors (Lipinski definition) is 5. The van der Waals surface area contributed by atoms with Crippen molar-refractivity contribution in [3.8, 4) is 6.07 Å². The molecule has 3 rings (SSSR count). The Morgan fingerprint density at radius 3 is 2.62 bits per heavy atom. The van der Waals surface area contributed by atoms with Crippen LogP contribution in [0.5, 0.6) is 0 Å². The Hall–Kier alpha value is -2.14. The zero-order chi connectivity index (χ0) is 21.2. The van der Waals surface area contributed by atoms with E-state index in [2.05, 4.69) is 15.8 Å². The van der Waals surface area contributed by atoms with Crippen LogP contribution in [0.3, 0.4) is 0 Å². The Labute approximate surface area is 174 Å². The molecule has 1 saturated carbocycles. The number of nitrogens with one attached hydrogen (secondary N) is 1. The van der Waals surface area contributed by atoms with Gasteiger partial charge in [0.1, 0.15) is 27.9 Å². The highest BCUT2D eigenvalue weighted by atomic mass is 32.2. The lowest BCUT2D eigenvalue weighted by Gasteiger charge is -2.38. The molecule has 0 saturated heterocycles. The summed E-state index contributed by atoms with van der Waals surface area (Å²) in [5.41, 5.74) is 6.51. The average Bonchev–Trinajstić information content (AvgIpc) is 3.51. The minimum Gasteiger partial charge on any atom is -0.598 e.